The number of para-hydroxylation sites is 1. The van der Waals surface area contributed by atoms with Gasteiger partial charge >= 0.3 is 0 Å². The molecule has 0 saturated carbocycles. The lowest BCUT2D eigenvalue weighted by atomic mass is 9.95. The summed E-state index contributed by atoms with van der Waals surface area (Å²) in [6.07, 6.45) is 4.28. The average molecular weight is 255 g/mol. The van der Waals surface area contributed by atoms with Crippen LogP contribution in [0.3, 0.4) is 0 Å². The van der Waals surface area contributed by atoms with Gasteiger partial charge in [-0.1, -0.05) is 18.2 Å². The molecule has 0 saturated heterocycles. The molecule has 98 valence electrons. The first-order valence-corrected chi connectivity index (χ1v) is 6.66. The van der Waals surface area contributed by atoms with Gasteiger partial charge in [0.05, 0.1) is 0 Å². The fourth-order valence-electron chi connectivity index (χ4n) is 2.59. The van der Waals surface area contributed by atoms with E-state index in [4.69, 9.17) is 0 Å². The van der Waals surface area contributed by atoms with Crippen LogP contribution in [0.2, 0.25) is 0 Å². The Morgan fingerprint density at radius 1 is 1.21 bits per heavy atom. The molecule has 2 aromatic rings. The number of hydrogen-bond donors (Lipinski definition) is 1. The minimum absolute atomic E-state index is 0.0365. The quantitative estimate of drug-likeness (QED) is 0.896. The lowest BCUT2D eigenvalue weighted by Gasteiger charge is -2.17. The van der Waals surface area contributed by atoms with Crippen molar-refractivity contribution in [2.24, 2.45) is 0 Å². The van der Waals surface area contributed by atoms with E-state index >= 15 is 0 Å². The number of fused-ring (bicyclic) bond motifs is 1. The summed E-state index contributed by atoms with van der Waals surface area (Å²) in [6.45, 7) is 0. The van der Waals surface area contributed by atoms with Crippen molar-refractivity contribution in [3.63, 3.8) is 0 Å². The Morgan fingerprint density at radius 2 is 1.95 bits per heavy atom. The highest BCUT2D eigenvalue weighted by Crippen LogP contribution is 2.24. The summed E-state index contributed by atoms with van der Waals surface area (Å²) in [5.41, 5.74) is 3.72. The molecular weight excluding hydrogens is 238 g/mol. The van der Waals surface area contributed by atoms with Crippen LogP contribution in [0.1, 0.15) is 34.6 Å². The van der Waals surface area contributed by atoms with Crippen LogP contribution >= 0.6 is 0 Å². The van der Waals surface area contributed by atoms with Gasteiger partial charge in [0.25, 0.3) is 5.91 Å². The Morgan fingerprint density at radius 3 is 2.74 bits per heavy atom. The van der Waals surface area contributed by atoms with E-state index in [9.17, 15) is 4.79 Å². The number of nitrogens with zero attached hydrogens (tertiary/aromatic N) is 2. The molecule has 3 rings (SSSR count). The molecule has 1 heterocycles. The van der Waals surface area contributed by atoms with Crippen molar-refractivity contribution in [3.8, 4) is 0 Å². The number of aromatic amines is 1. The third-order valence-electron chi connectivity index (χ3n) is 3.71. The van der Waals surface area contributed by atoms with Crippen molar-refractivity contribution < 1.29 is 4.79 Å². The number of carbonyl (C=O) groups excluding carboxylic acids is 1. The van der Waals surface area contributed by atoms with Crippen molar-refractivity contribution in [2.75, 3.05) is 11.9 Å². The van der Waals surface area contributed by atoms with Gasteiger partial charge in [-0.05, 0) is 37.8 Å². The number of anilines is 1. The van der Waals surface area contributed by atoms with Crippen molar-refractivity contribution in [1.82, 2.24) is 10.2 Å². The Hall–Kier alpha value is -2.10. The van der Waals surface area contributed by atoms with Gasteiger partial charge < -0.3 is 4.90 Å². The van der Waals surface area contributed by atoms with E-state index in [2.05, 4.69) is 10.2 Å². The molecule has 1 aliphatic rings. The molecule has 1 aromatic carbocycles. The smallest absolute Gasteiger partial charge is 0.278 e. The molecule has 4 nitrogen and oxygen atoms in total. The summed E-state index contributed by atoms with van der Waals surface area (Å²) in [6, 6.07) is 9.66. The first-order chi connectivity index (χ1) is 9.27. The maximum Gasteiger partial charge on any atom is 0.278 e. The highest BCUT2D eigenvalue weighted by Gasteiger charge is 2.24. The van der Waals surface area contributed by atoms with Gasteiger partial charge in [0, 0.05) is 24.0 Å². The molecule has 1 N–H and O–H groups in total. The summed E-state index contributed by atoms with van der Waals surface area (Å²) >= 11 is 0. The topological polar surface area (TPSA) is 49.0 Å². The molecule has 0 atom stereocenters. The van der Waals surface area contributed by atoms with Gasteiger partial charge in [0.1, 0.15) is 0 Å². The Bertz CT molecular complexity index is 589. The van der Waals surface area contributed by atoms with Crippen LogP contribution < -0.4 is 4.90 Å². The minimum Gasteiger partial charge on any atom is -0.310 e. The van der Waals surface area contributed by atoms with Gasteiger partial charge in [-0.3, -0.25) is 9.89 Å². The number of rotatable bonds is 2. The van der Waals surface area contributed by atoms with Gasteiger partial charge in [-0.2, -0.15) is 5.10 Å². The molecule has 0 spiro atoms. The maximum absolute atomic E-state index is 12.5. The zero-order valence-electron chi connectivity index (χ0n) is 11.0. The number of aromatic nitrogens is 2. The number of nitrogens with one attached hydrogen (secondary N) is 1. The fraction of sp³-hybridized carbons (Fsp3) is 0.333. The molecule has 1 amide bonds. The summed E-state index contributed by atoms with van der Waals surface area (Å²) in [7, 11) is 1.79. The van der Waals surface area contributed by atoms with E-state index in [1.807, 2.05) is 30.3 Å². The zero-order chi connectivity index (χ0) is 13.2. The van der Waals surface area contributed by atoms with E-state index in [-0.39, 0.29) is 5.91 Å². The van der Waals surface area contributed by atoms with E-state index < -0.39 is 0 Å². The van der Waals surface area contributed by atoms with E-state index in [1.165, 1.54) is 6.42 Å². The van der Waals surface area contributed by atoms with Crippen LogP contribution in [0, 0.1) is 0 Å². The standard InChI is InChI=1S/C15H17N3O/c1-18(11-7-3-2-4-8-11)15(19)14-12-9-5-6-10-13(12)16-17-14/h2-4,7-8H,5-6,9-10H2,1H3,(H,16,17). The number of benzene rings is 1. The highest BCUT2D eigenvalue weighted by molar-refractivity contribution is 6.05. The van der Waals surface area contributed by atoms with Crippen molar-refractivity contribution in [1.29, 1.82) is 0 Å². The van der Waals surface area contributed by atoms with Crippen LogP contribution in [0.5, 0.6) is 0 Å². The molecule has 19 heavy (non-hydrogen) atoms. The summed E-state index contributed by atoms with van der Waals surface area (Å²) in [4.78, 5) is 14.2. The molecule has 4 heteroatoms. The van der Waals surface area contributed by atoms with Crippen LogP contribution in [0.25, 0.3) is 0 Å². The summed E-state index contributed by atoms with van der Waals surface area (Å²) in [5, 5.41) is 7.24. The summed E-state index contributed by atoms with van der Waals surface area (Å²) in [5.74, 6) is -0.0365. The van der Waals surface area contributed by atoms with E-state index in [1.54, 1.807) is 11.9 Å². The second-order valence-corrected chi connectivity index (χ2v) is 4.94. The first kappa shape index (κ1) is 12.0. The van der Waals surface area contributed by atoms with Crippen LogP contribution in [-0.4, -0.2) is 23.2 Å². The number of amides is 1. The van der Waals surface area contributed by atoms with Crippen molar-refractivity contribution >= 4 is 11.6 Å². The van der Waals surface area contributed by atoms with Crippen LogP contribution in [-0.2, 0) is 12.8 Å². The minimum atomic E-state index is -0.0365. The lowest BCUT2D eigenvalue weighted by Crippen LogP contribution is -2.27. The number of carbonyl (C=O) groups is 1. The van der Waals surface area contributed by atoms with Gasteiger partial charge in [0.15, 0.2) is 5.69 Å². The van der Waals surface area contributed by atoms with Gasteiger partial charge in [-0.25, -0.2) is 0 Å². The Kier molecular flexibility index (Phi) is 3.07. The van der Waals surface area contributed by atoms with E-state index in [0.717, 1.165) is 36.2 Å². The molecule has 0 radical (unpaired) electrons. The largest absolute Gasteiger partial charge is 0.310 e. The molecule has 0 aliphatic heterocycles. The van der Waals surface area contributed by atoms with Gasteiger partial charge in [-0.15, -0.1) is 0 Å². The second-order valence-electron chi connectivity index (χ2n) is 4.94. The molecule has 0 unspecified atom stereocenters. The fourth-order valence-corrected chi connectivity index (χ4v) is 2.59. The SMILES string of the molecule is CN(C(=O)c1n[nH]c2c1CCCC2)c1ccccc1. The number of hydrogen-bond acceptors (Lipinski definition) is 2. The molecular formula is C15H17N3O. The molecule has 0 bridgehead atoms. The third kappa shape index (κ3) is 2.14. The zero-order valence-corrected chi connectivity index (χ0v) is 11.0. The van der Waals surface area contributed by atoms with Gasteiger partial charge in [0.2, 0.25) is 0 Å². The Balaban J connectivity index is 1.90. The van der Waals surface area contributed by atoms with Crippen molar-refractivity contribution in [2.45, 2.75) is 25.7 Å². The number of H-pyrrole nitrogens is 1. The predicted molar refractivity (Wildman–Crippen MR) is 74.4 cm³/mol. The summed E-state index contributed by atoms with van der Waals surface area (Å²) < 4.78 is 0. The monoisotopic (exact) mass is 255 g/mol. The normalized spacial score (nSPS) is 13.9. The molecule has 1 aliphatic carbocycles. The first-order valence-electron chi connectivity index (χ1n) is 6.66. The Labute approximate surface area is 112 Å². The second kappa shape index (κ2) is 4.88. The lowest BCUT2D eigenvalue weighted by molar-refractivity contribution is 0.0987. The number of aryl methyl sites for hydroxylation is 1. The predicted octanol–water partition coefficient (Wildman–Crippen LogP) is 2.57. The molecule has 1 aromatic heterocycles. The van der Waals surface area contributed by atoms with Crippen LogP contribution in [0.4, 0.5) is 5.69 Å². The average Bonchev–Trinajstić information content (AvgIpc) is 2.90. The highest BCUT2D eigenvalue weighted by atomic mass is 16.2. The van der Waals surface area contributed by atoms with E-state index in [0.29, 0.717) is 5.69 Å². The van der Waals surface area contributed by atoms with Crippen LogP contribution in [0.15, 0.2) is 30.3 Å². The molecule has 0 fully saturated rings. The van der Waals surface area contributed by atoms with Crippen molar-refractivity contribution in [3.05, 3.63) is 47.3 Å². The maximum atomic E-state index is 12.5. The third-order valence-corrected chi connectivity index (χ3v) is 3.71.